The van der Waals surface area contributed by atoms with E-state index in [0.717, 1.165) is 0 Å². The molecule has 0 aromatic heterocycles. The lowest BCUT2D eigenvalue weighted by molar-refractivity contribution is 0.174. The van der Waals surface area contributed by atoms with Gasteiger partial charge in [0.1, 0.15) is 6.61 Å². The molecule has 1 aliphatic heterocycles. The van der Waals surface area contributed by atoms with Crippen LogP contribution >= 0.6 is 0 Å². The van der Waals surface area contributed by atoms with E-state index in [2.05, 4.69) is 19.2 Å². The van der Waals surface area contributed by atoms with Crippen LogP contribution in [-0.4, -0.2) is 18.7 Å². The molecule has 1 atom stereocenters. The Morgan fingerprint density at radius 1 is 1.46 bits per heavy atom. The molecule has 1 unspecified atom stereocenters. The molecule has 0 aromatic carbocycles. The van der Waals surface area contributed by atoms with Crippen LogP contribution in [0.3, 0.4) is 0 Å². The third-order valence-electron chi connectivity index (χ3n) is 2.59. The van der Waals surface area contributed by atoms with Crippen molar-refractivity contribution >= 4 is 6.09 Å². The Bertz CT molecular complexity index is 164. The van der Waals surface area contributed by atoms with E-state index in [9.17, 15) is 4.79 Å². The highest BCUT2D eigenvalue weighted by Crippen LogP contribution is 2.20. The van der Waals surface area contributed by atoms with Crippen molar-refractivity contribution in [1.29, 1.82) is 0 Å². The van der Waals surface area contributed by atoms with Gasteiger partial charge in [0.25, 0.3) is 0 Å². The van der Waals surface area contributed by atoms with Gasteiger partial charge < -0.3 is 10.1 Å². The van der Waals surface area contributed by atoms with Crippen molar-refractivity contribution in [3.63, 3.8) is 0 Å². The standard InChI is InChI=1S/C10H19NO2/c1-3-5-8(6-4-2)9-7-13-10(12)11-9/h8-9H,3-7H2,1-2H3,(H,11,12). The van der Waals surface area contributed by atoms with Crippen LogP contribution in [0.2, 0.25) is 0 Å². The molecule has 0 aliphatic carbocycles. The van der Waals surface area contributed by atoms with Gasteiger partial charge in [0, 0.05) is 0 Å². The number of hydrogen-bond donors (Lipinski definition) is 1. The molecule has 1 heterocycles. The number of alkyl carbamates (subject to hydrolysis) is 1. The average Bonchev–Trinajstić information content (AvgIpc) is 2.51. The maximum Gasteiger partial charge on any atom is 0.407 e. The molecule has 0 radical (unpaired) electrons. The average molecular weight is 185 g/mol. The molecule has 1 N–H and O–H groups in total. The summed E-state index contributed by atoms with van der Waals surface area (Å²) in [6, 6.07) is 0.257. The summed E-state index contributed by atoms with van der Waals surface area (Å²) >= 11 is 0. The fourth-order valence-corrected chi connectivity index (χ4v) is 1.94. The zero-order valence-electron chi connectivity index (χ0n) is 8.51. The Hall–Kier alpha value is -0.730. The van der Waals surface area contributed by atoms with Crippen molar-refractivity contribution in [2.75, 3.05) is 6.61 Å². The molecule has 3 heteroatoms. The zero-order valence-corrected chi connectivity index (χ0v) is 8.51. The van der Waals surface area contributed by atoms with Crippen LogP contribution in [0.1, 0.15) is 39.5 Å². The molecule has 0 saturated carbocycles. The summed E-state index contributed by atoms with van der Waals surface area (Å²) in [5, 5.41) is 2.86. The number of rotatable bonds is 5. The molecule has 1 fully saturated rings. The van der Waals surface area contributed by atoms with Crippen LogP contribution in [0.5, 0.6) is 0 Å². The van der Waals surface area contributed by atoms with Crippen LogP contribution < -0.4 is 5.32 Å². The zero-order chi connectivity index (χ0) is 9.68. The summed E-state index contributed by atoms with van der Waals surface area (Å²) in [6.07, 6.45) is 4.47. The Morgan fingerprint density at radius 2 is 2.08 bits per heavy atom. The van der Waals surface area contributed by atoms with Crippen molar-refractivity contribution in [2.45, 2.75) is 45.6 Å². The van der Waals surface area contributed by atoms with E-state index >= 15 is 0 Å². The van der Waals surface area contributed by atoms with Gasteiger partial charge in [-0.2, -0.15) is 0 Å². The van der Waals surface area contributed by atoms with E-state index in [1.165, 1.54) is 25.7 Å². The predicted octanol–water partition coefficient (Wildman–Crippen LogP) is 2.31. The van der Waals surface area contributed by atoms with E-state index in [-0.39, 0.29) is 12.1 Å². The van der Waals surface area contributed by atoms with E-state index in [1.54, 1.807) is 0 Å². The summed E-state index contributed by atoms with van der Waals surface area (Å²) in [5.74, 6) is 0.599. The maximum absolute atomic E-state index is 10.8. The second kappa shape index (κ2) is 5.10. The quantitative estimate of drug-likeness (QED) is 0.713. The first-order valence-electron chi connectivity index (χ1n) is 5.21. The molecule has 0 bridgehead atoms. The van der Waals surface area contributed by atoms with Gasteiger partial charge in [0.2, 0.25) is 0 Å². The topological polar surface area (TPSA) is 38.3 Å². The third kappa shape index (κ3) is 2.90. The van der Waals surface area contributed by atoms with Crippen LogP contribution in [-0.2, 0) is 4.74 Å². The summed E-state index contributed by atoms with van der Waals surface area (Å²) in [6.45, 7) is 4.92. The minimum absolute atomic E-state index is 0.248. The van der Waals surface area contributed by atoms with Gasteiger partial charge in [-0.25, -0.2) is 4.79 Å². The highest BCUT2D eigenvalue weighted by atomic mass is 16.6. The molecule has 1 saturated heterocycles. The summed E-state index contributed by atoms with van der Waals surface area (Å²) < 4.78 is 4.89. The number of nitrogens with one attached hydrogen (secondary N) is 1. The fourth-order valence-electron chi connectivity index (χ4n) is 1.94. The second-order valence-electron chi connectivity index (χ2n) is 3.69. The van der Waals surface area contributed by atoms with E-state index in [4.69, 9.17) is 4.74 Å². The van der Waals surface area contributed by atoms with Crippen LogP contribution in [0.4, 0.5) is 4.79 Å². The number of carbonyl (C=O) groups is 1. The molecule has 76 valence electrons. The lowest BCUT2D eigenvalue weighted by Gasteiger charge is -2.20. The second-order valence-corrected chi connectivity index (χ2v) is 3.69. The summed E-state index contributed by atoms with van der Waals surface area (Å²) in [7, 11) is 0. The monoisotopic (exact) mass is 185 g/mol. The number of hydrogen-bond acceptors (Lipinski definition) is 2. The molecule has 0 spiro atoms. The molecule has 0 aromatic rings. The van der Waals surface area contributed by atoms with Gasteiger partial charge in [-0.1, -0.05) is 26.7 Å². The maximum atomic E-state index is 10.8. The minimum atomic E-state index is -0.248. The van der Waals surface area contributed by atoms with Crippen molar-refractivity contribution in [3.8, 4) is 0 Å². The minimum Gasteiger partial charge on any atom is -0.447 e. The lowest BCUT2D eigenvalue weighted by atomic mass is 9.91. The third-order valence-corrected chi connectivity index (χ3v) is 2.59. The van der Waals surface area contributed by atoms with Gasteiger partial charge in [0.15, 0.2) is 0 Å². The predicted molar refractivity (Wildman–Crippen MR) is 51.6 cm³/mol. The van der Waals surface area contributed by atoms with E-state index in [1.807, 2.05) is 0 Å². The van der Waals surface area contributed by atoms with Crippen molar-refractivity contribution < 1.29 is 9.53 Å². The fraction of sp³-hybridized carbons (Fsp3) is 0.900. The van der Waals surface area contributed by atoms with Crippen molar-refractivity contribution in [2.24, 2.45) is 5.92 Å². The first-order valence-corrected chi connectivity index (χ1v) is 5.21. The number of cyclic esters (lactones) is 1. The van der Waals surface area contributed by atoms with Gasteiger partial charge >= 0.3 is 6.09 Å². The van der Waals surface area contributed by atoms with Crippen LogP contribution in [0.15, 0.2) is 0 Å². The highest BCUT2D eigenvalue weighted by Gasteiger charge is 2.28. The highest BCUT2D eigenvalue weighted by molar-refractivity contribution is 5.69. The van der Waals surface area contributed by atoms with Crippen LogP contribution in [0, 0.1) is 5.92 Å². The van der Waals surface area contributed by atoms with Crippen molar-refractivity contribution in [3.05, 3.63) is 0 Å². The molecular weight excluding hydrogens is 166 g/mol. The Labute approximate surface area is 79.8 Å². The summed E-state index contributed by atoms with van der Waals surface area (Å²) in [5.41, 5.74) is 0. The Kier molecular flexibility index (Phi) is 4.06. The van der Waals surface area contributed by atoms with E-state index < -0.39 is 0 Å². The lowest BCUT2D eigenvalue weighted by Crippen LogP contribution is -2.34. The number of ether oxygens (including phenoxy) is 1. The normalized spacial score (nSPS) is 21.8. The largest absolute Gasteiger partial charge is 0.447 e. The molecular formula is C10H19NO2. The van der Waals surface area contributed by atoms with Crippen LogP contribution in [0.25, 0.3) is 0 Å². The van der Waals surface area contributed by atoms with Gasteiger partial charge in [-0.3, -0.25) is 0 Å². The van der Waals surface area contributed by atoms with Gasteiger partial charge in [-0.15, -0.1) is 0 Å². The van der Waals surface area contributed by atoms with Gasteiger partial charge in [0.05, 0.1) is 6.04 Å². The molecule has 3 nitrogen and oxygen atoms in total. The number of carbonyl (C=O) groups excluding carboxylic acids is 1. The number of amides is 1. The summed E-state index contributed by atoms with van der Waals surface area (Å²) in [4.78, 5) is 10.8. The Morgan fingerprint density at radius 3 is 2.46 bits per heavy atom. The molecule has 13 heavy (non-hydrogen) atoms. The SMILES string of the molecule is CCCC(CCC)C1COC(=O)N1. The first-order chi connectivity index (χ1) is 6.27. The first kappa shape index (κ1) is 10.4. The molecule has 1 amide bonds. The van der Waals surface area contributed by atoms with E-state index in [0.29, 0.717) is 12.5 Å². The van der Waals surface area contributed by atoms with Crippen molar-refractivity contribution in [1.82, 2.24) is 5.32 Å². The smallest absolute Gasteiger partial charge is 0.407 e. The molecule has 1 rings (SSSR count). The van der Waals surface area contributed by atoms with Gasteiger partial charge in [-0.05, 0) is 18.8 Å². The molecule has 1 aliphatic rings. The Balaban J connectivity index is 2.39.